The summed E-state index contributed by atoms with van der Waals surface area (Å²) in [6, 6.07) is 11.9. The Morgan fingerprint density at radius 2 is 2.00 bits per heavy atom. The van der Waals surface area contributed by atoms with Gasteiger partial charge in [-0.2, -0.15) is 19.1 Å². The fourth-order valence-electron chi connectivity index (χ4n) is 4.33. The molecule has 216 valence electrons. The van der Waals surface area contributed by atoms with Crippen LogP contribution in [0.4, 0.5) is 20.4 Å². The second-order valence-electron chi connectivity index (χ2n) is 9.42. The van der Waals surface area contributed by atoms with Crippen molar-refractivity contribution in [2.75, 3.05) is 32.1 Å². The summed E-state index contributed by atoms with van der Waals surface area (Å²) in [5.41, 5.74) is 2.50. The van der Waals surface area contributed by atoms with E-state index in [0.29, 0.717) is 34.9 Å². The first kappa shape index (κ1) is 28.4. The number of aromatic nitrogens is 5. The summed E-state index contributed by atoms with van der Waals surface area (Å²) in [5.74, 6) is 0.435. The number of ether oxygens (including phenoxy) is 3. The lowest BCUT2D eigenvalue weighted by Gasteiger charge is -2.32. The largest absolute Gasteiger partial charge is 0.495 e. The molecule has 2 aromatic carbocycles. The maximum atomic E-state index is 13.6. The van der Waals surface area contributed by atoms with Gasteiger partial charge in [0.25, 0.3) is 5.91 Å². The molecule has 42 heavy (non-hydrogen) atoms. The van der Waals surface area contributed by atoms with Crippen molar-refractivity contribution in [3.8, 4) is 28.7 Å². The van der Waals surface area contributed by atoms with E-state index in [9.17, 15) is 18.8 Å². The predicted octanol–water partition coefficient (Wildman–Crippen LogP) is 3.89. The average molecular weight is 577 g/mol. The SMILES string of the molecule is COc1cc(C(=O)N2CCOC(F)(F)C2)ccc1Nc1ncc(-c2ccc(C#N)c(O[C@@H](C)Cn3cncn3)c2)cn1. The molecule has 1 saturated heterocycles. The zero-order valence-electron chi connectivity index (χ0n) is 22.7. The lowest BCUT2D eigenvalue weighted by Crippen LogP contribution is -2.49. The van der Waals surface area contributed by atoms with Gasteiger partial charge in [-0.25, -0.2) is 19.6 Å². The molecule has 0 bridgehead atoms. The summed E-state index contributed by atoms with van der Waals surface area (Å²) in [7, 11) is 1.43. The van der Waals surface area contributed by atoms with Gasteiger partial charge in [-0.3, -0.25) is 4.79 Å². The first-order chi connectivity index (χ1) is 20.2. The van der Waals surface area contributed by atoms with Gasteiger partial charge >= 0.3 is 6.11 Å². The molecule has 4 aromatic rings. The number of nitriles is 1. The van der Waals surface area contributed by atoms with Gasteiger partial charge in [-0.1, -0.05) is 6.07 Å². The zero-order chi connectivity index (χ0) is 29.7. The van der Waals surface area contributed by atoms with Crippen LogP contribution in [0.3, 0.4) is 0 Å². The minimum atomic E-state index is -3.38. The van der Waals surface area contributed by atoms with Gasteiger partial charge in [0.15, 0.2) is 0 Å². The second kappa shape index (κ2) is 12.1. The molecule has 1 aliphatic heterocycles. The average Bonchev–Trinajstić information content (AvgIpc) is 3.49. The van der Waals surface area contributed by atoms with E-state index in [4.69, 9.17) is 9.47 Å². The fourth-order valence-corrected chi connectivity index (χ4v) is 4.33. The zero-order valence-corrected chi connectivity index (χ0v) is 22.7. The maximum absolute atomic E-state index is 13.6. The number of nitrogens with one attached hydrogen (secondary N) is 1. The van der Waals surface area contributed by atoms with Crippen LogP contribution in [0.1, 0.15) is 22.8 Å². The van der Waals surface area contributed by atoms with Crippen LogP contribution in [0.2, 0.25) is 0 Å². The van der Waals surface area contributed by atoms with Crippen molar-refractivity contribution in [1.82, 2.24) is 29.6 Å². The number of anilines is 2. The Bertz CT molecular complexity index is 1590. The topological polar surface area (TPSA) is 140 Å². The summed E-state index contributed by atoms with van der Waals surface area (Å²) < 4.78 is 44.7. The van der Waals surface area contributed by atoms with Gasteiger partial charge in [-0.05, 0) is 42.8 Å². The molecular formula is C28H26F2N8O4. The van der Waals surface area contributed by atoms with Crippen LogP contribution in [0.25, 0.3) is 11.1 Å². The van der Waals surface area contributed by atoms with Gasteiger partial charge in [0.2, 0.25) is 5.95 Å². The quantitative estimate of drug-likeness (QED) is 0.312. The molecule has 14 heteroatoms. The third kappa shape index (κ3) is 6.58. The molecule has 1 fully saturated rings. The number of rotatable bonds is 9. The van der Waals surface area contributed by atoms with Crippen LogP contribution in [-0.2, 0) is 11.3 Å². The Kier molecular flexibility index (Phi) is 8.21. The van der Waals surface area contributed by atoms with Crippen molar-refractivity contribution in [2.24, 2.45) is 0 Å². The number of halogens is 2. The van der Waals surface area contributed by atoms with E-state index in [1.165, 1.54) is 25.6 Å². The Balaban J connectivity index is 1.28. The Labute approximate surface area is 239 Å². The number of carbonyl (C=O) groups is 1. The summed E-state index contributed by atoms with van der Waals surface area (Å²) in [4.78, 5) is 26.5. The highest BCUT2D eigenvalue weighted by Crippen LogP contribution is 2.31. The molecule has 0 aliphatic carbocycles. The number of methoxy groups -OCH3 is 1. The number of nitrogens with zero attached hydrogens (tertiary/aromatic N) is 7. The van der Waals surface area contributed by atoms with Crippen molar-refractivity contribution in [3.63, 3.8) is 0 Å². The molecule has 12 nitrogen and oxygen atoms in total. The molecule has 1 amide bonds. The molecule has 0 saturated carbocycles. The highest BCUT2D eigenvalue weighted by molar-refractivity contribution is 5.95. The van der Waals surface area contributed by atoms with Crippen LogP contribution < -0.4 is 14.8 Å². The minimum absolute atomic E-state index is 0.0613. The van der Waals surface area contributed by atoms with E-state index >= 15 is 0 Å². The van der Waals surface area contributed by atoms with E-state index < -0.39 is 18.6 Å². The molecule has 1 aliphatic rings. The van der Waals surface area contributed by atoms with Crippen molar-refractivity contribution in [1.29, 1.82) is 5.26 Å². The third-order valence-electron chi connectivity index (χ3n) is 6.36. The second-order valence-corrected chi connectivity index (χ2v) is 9.42. The number of benzene rings is 2. The summed E-state index contributed by atoms with van der Waals surface area (Å²) >= 11 is 0. The van der Waals surface area contributed by atoms with E-state index in [0.717, 1.165) is 10.5 Å². The standard InChI is InChI=1S/C28H26F2N8O4/c1-18(14-38-17-32-16-35-38)42-24-9-19(3-4-21(24)11-31)22-12-33-27(34-13-22)36-23-6-5-20(10-25(23)40-2)26(39)37-7-8-41-28(29,30)15-37/h3-6,9-10,12-13,16-18H,7-8,14-15H2,1-2H3,(H,33,34,36)/t18-/m0/s1. The maximum Gasteiger partial charge on any atom is 0.373 e. The summed E-state index contributed by atoms with van der Waals surface area (Å²) in [6.45, 7) is 1.33. The van der Waals surface area contributed by atoms with Gasteiger partial charge in [0.05, 0.1) is 31.5 Å². The summed E-state index contributed by atoms with van der Waals surface area (Å²) in [5, 5.41) is 16.7. The molecule has 0 unspecified atom stereocenters. The Morgan fingerprint density at radius 3 is 2.69 bits per heavy atom. The number of carbonyl (C=O) groups excluding carboxylic acids is 1. The molecule has 5 rings (SSSR count). The van der Waals surface area contributed by atoms with Crippen LogP contribution in [0, 0.1) is 11.3 Å². The molecule has 1 N–H and O–H groups in total. The Hall–Kier alpha value is -5.16. The van der Waals surface area contributed by atoms with E-state index in [-0.39, 0.29) is 30.8 Å². The first-order valence-corrected chi connectivity index (χ1v) is 12.9. The van der Waals surface area contributed by atoms with E-state index in [1.54, 1.807) is 47.7 Å². The lowest BCUT2D eigenvalue weighted by molar-refractivity contribution is -0.263. The molecule has 0 spiro atoms. The predicted molar refractivity (Wildman–Crippen MR) is 145 cm³/mol. The molecule has 3 heterocycles. The van der Waals surface area contributed by atoms with Crippen molar-refractivity contribution < 1.29 is 27.8 Å². The normalized spacial score (nSPS) is 15.0. The monoisotopic (exact) mass is 576 g/mol. The van der Waals surface area contributed by atoms with Gasteiger partial charge in [-0.15, -0.1) is 0 Å². The smallest absolute Gasteiger partial charge is 0.373 e. The number of hydrogen-bond donors (Lipinski definition) is 1. The number of hydrogen-bond acceptors (Lipinski definition) is 10. The summed E-state index contributed by atoms with van der Waals surface area (Å²) in [6.07, 6.45) is 2.60. The van der Waals surface area contributed by atoms with Crippen LogP contribution in [-0.4, -0.2) is 74.6 Å². The van der Waals surface area contributed by atoms with E-state index in [1.807, 2.05) is 6.92 Å². The third-order valence-corrected chi connectivity index (χ3v) is 6.36. The first-order valence-electron chi connectivity index (χ1n) is 12.9. The molecule has 2 aromatic heterocycles. The van der Waals surface area contributed by atoms with Crippen molar-refractivity contribution in [3.05, 3.63) is 72.6 Å². The number of amides is 1. The highest BCUT2D eigenvalue weighted by Gasteiger charge is 2.38. The number of alkyl halides is 2. The van der Waals surface area contributed by atoms with Crippen molar-refractivity contribution >= 4 is 17.5 Å². The van der Waals surface area contributed by atoms with Gasteiger partial charge < -0.3 is 24.4 Å². The Morgan fingerprint density at radius 1 is 1.19 bits per heavy atom. The van der Waals surface area contributed by atoms with Crippen LogP contribution >= 0.6 is 0 Å². The minimum Gasteiger partial charge on any atom is -0.495 e. The highest BCUT2D eigenvalue weighted by atomic mass is 19.3. The van der Waals surface area contributed by atoms with Crippen LogP contribution in [0.5, 0.6) is 11.5 Å². The lowest BCUT2D eigenvalue weighted by atomic mass is 10.1. The van der Waals surface area contributed by atoms with Crippen LogP contribution in [0.15, 0.2) is 61.4 Å². The fraction of sp³-hybridized carbons (Fsp3) is 0.286. The van der Waals surface area contributed by atoms with Crippen molar-refractivity contribution in [2.45, 2.75) is 25.7 Å². The molecular weight excluding hydrogens is 550 g/mol. The number of morpholine rings is 1. The van der Waals surface area contributed by atoms with Gasteiger partial charge in [0.1, 0.15) is 42.9 Å². The van der Waals surface area contributed by atoms with Gasteiger partial charge in [0, 0.05) is 30.1 Å². The molecule has 1 atom stereocenters. The molecule has 0 radical (unpaired) electrons. The van der Waals surface area contributed by atoms with E-state index in [2.05, 4.69) is 36.2 Å².